The summed E-state index contributed by atoms with van der Waals surface area (Å²) in [4.78, 5) is 14.3. The largest absolute Gasteiger partial charge is 0.382 e. The molecule has 0 unspecified atom stereocenters. The highest BCUT2D eigenvalue weighted by atomic mass is 16.5. The molecule has 2 aromatic carbocycles. The summed E-state index contributed by atoms with van der Waals surface area (Å²) in [6, 6.07) is 21.0. The Bertz CT molecular complexity index is 1190. The molecule has 3 N–H and O–H groups in total. The first kappa shape index (κ1) is 23.4. The summed E-state index contributed by atoms with van der Waals surface area (Å²) in [7, 11) is 1.70. The minimum absolute atomic E-state index is 0.0860. The van der Waals surface area contributed by atoms with E-state index in [2.05, 4.69) is 53.8 Å². The molecule has 2 aromatic heterocycles. The Balaban J connectivity index is 1.46. The Morgan fingerprint density at radius 3 is 2.43 bits per heavy atom. The fourth-order valence-corrected chi connectivity index (χ4v) is 4.73. The molecule has 8 heteroatoms. The van der Waals surface area contributed by atoms with Crippen LogP contribution in [0.25, 0.3) is 11.2 Å². The number of nitrogens with two attached hydrogens (primary N) is 1. The number of nitrogens with one attached hydrogen (secondary N) is 1. The predicted molar refractivity (Wildman–Crippen MR) is 136 cm³/mol. The smallest absolute Gasteiger partial charge is 0.167 e. The zero-order chi connectivity index (χ0) is 24.0. The second-order valence-corrected chi connectivity index (χ2v) is 8.85. The lowest BCUT2D eigenvalue weighted by Crippen LogP contribution is -2.17. The van der Waals surface area contributed by atoms with E-state index < -0.39 is 0 Å². The van der Waals surface area contributed by atoms with Gasteiger partial charge in [-0.2, -0.15) is 0 Å². The van der Waals surface area contributed by atoms with Gasteiger partial charge in [0.25, 0.3) is 0 Å². The van der Waals surface area contributed by atoms with Crippen molar-refractivity contribution in [2.45, 2.75) is 37.5 Å². The molecule has 1 fully saturated rings. The number of imidazole rings is 1. The van der Waals surface area contributed by atoms with Crippen LogP contribution >= 0.6 is 0 Å². The molecule has 0 aliphatic carbocycles. The lowest BCUT2D eigenvalue weighted by molar-refractivity contribution is -0.0300. The minimum atomic E-state index is -0.116. The lowest BCUT2D eigenvalue weighted by Gasteiger charge is -2.20. The predicted octanol–water partition coefficient (Wildman–Crippen LogP) is 3.90. The van der Waals surface area contributed by atoms with Crippen molar-refractivity contribution in [3.8, 4) is 0 Å². The van der Waals surface area contributed by atoms with Gasteiger partial charge in [-0.15, -0.1) is 0 Å². The van der Waals surface area contributed by atoms with Gasteiger partial charge in [-0.3, -0.25) is 4.57 Å². The Morgan fingerprint density at radius 2 is 1.77 bits per heavy atom. The summed E-state index contributed by atoms with van der Waals surface area (Å²) < 4.78 is 13.5. The molecule has 0 bridgehead atoms. The Hall–Kier alpha value is -3.33. The van der Waals surface area contributed by atoms with Gasteiger partial charge < -0.3 is 20.5 Å². The first-order chi connectivity index (χ1) is 17.3. The quantitative estimate of drug-likeness (QED) is 0.361. The third kappa shape index (κ3) is 5.19. The van der Waals surface area contributed by atoms with Crippen LogP contribution in [0, 0.1) is 0 Å². The number of rotatable bonds is 10. The van der Waals surface area contributed by atoms with Crippen LogP contribution in [0.15, 0.2) is 67.0 Å². The van der Waals surface area contributed by atoms with Gasteiger partial charge in [0, 0.05) is 26.0 Å². The topological polar surface area (TPSA) is 100 Å². The molecule has 0 radical (unpaired) electrons. The number of methoxy groups -OCH3 is 1. The van der Waals surface area contributed by atoms with Crippen LogP contribution in [-0.2, 0) is 15.9 Å². The van der Waals surface area contributed by atoms with Crippen LogP contribution in [0.4, 0.5) is 5.82 Å². The van der Waals surface area contributed by atoms with Crippen molar-refractivity contribution in [1.29, 1.82) is 0 Å². The standard InChI is InChI=1S/C27H32N6O2/c1-34-17-21-12-13-24(35-21)33-18-30-25-26(31-23(14-15-28)32-27(25)33)29-16-22(19-8-4-2-5-9-19)20-10-6-3-7-11-20/h2-11,18,21-22,24H,12-17,28H2,1H3,(H,29,31,32)/t21-,24+/m0/s1. The second-order valence-electron chi connectivity index (χ2n) is 8.85. The van der Waals surface area contributed by atoms with Crippen molar-refractivity contribution >= 4 is 17.0 Å². The Morgan fingerprint density at radius 1 is 1.06 bits per heavy atom. The van der Waals surface area contributed by atoms with E-state index >= 15 is 0 Å². The van der Waals surface area contributed by atoms with Crippen molar-refractivity contribution in [3.05, 3.63) is 83.9 Å². The molecule has 1 saturated heterocycles. The van der Waals surface area contributed by atoms with E-state index in [4.69, 9.17) is 30.2 Å². The molecule has 0 saturated carbocycles. The molecule has 5 rings (SSSR count). The Kier molecular flexibility index (Phi) is 7.32. The van der Waals surface area contributed by atoms with Crippen molar-refractivity contribution in [1.82, 2.24) is 19.5 Å². The van der Waals surface area contributed by atoms with Crippen LogP contribution in [0.5, 0.6) is 0 Å². The summed E-state index contributed by atoms with van der Waals surface area (Å²) >= 11 is 0. The average Bonchev–Trinajstić information content (AvgIpc) is 3.53. The molecule has 182 valence electrons. The summed E-state index contributed by atoms with van der Waals surface area (Å²) in [5.74, 6) is 1.59. The number of anilines is 1. The van der Waals surface area contributed by atoms with Gasteiger partial charge in [-0.05, 0) is 30.5 Å². The molecule has 1 aliphatic rings. The summed E-state index contributed by atoms with van der Waals surface area (Å²) in [6.45, 7) is 1.74. The van der Waals surface area contributed by atoms with E-state index in [-0.39, 0.29) is 18.2 Å². The number of aromatic nitrogens is 4. The monoisotopic (exact) mass is 472 g/mol. The highest BCUT2D eigenvalue weighted by Crippen LogP contribution is 2.32. The van der Waals surface area contributed by atoms with Gasteiger partial charge in [0.1, 0.15) is 12.1 Å². The molecular formula is C27H32N6O2. The van der Waals surface area contributed by atoms with Crippen LogP contribution in [0.3, 0.4) is 0 Å². The SMILES string of the molecule is COC[C@@H]1CC[C@H](n2cnc3c(NCC(c4ccccc4)c4ccccc4)nc(CCN)nc32)O1. The third-order valence-corrected chi connectivity index (χ3v) is 6.46. The average molecular weight is 473 g/mol. The first-order valence-electron chi connectivity index (χ1n) is 12.2. The zero-order valence-electron chi connectivity index (χ0n) is 20.0. The van der Waals surface area contributed by atoms with Gasteiger partial charge in [-0.1, -0.05) is 60.7 Å². The highest BCUT2D eigenvalue weighted by Gasteiger charge is 2.28. The van der Waals surface area contributed by atoms with Gasteiger partial charge in [-0.25, -0.2) is 15.0 Å². The Labute approximate surface area is 205 Å². The molecule has 0 amide bonds. The number of hydrogen-bond donors (Lipinski definition) is 2. The minimum Gasteiger partial charge on any atom is -0.382 e. The summed E-state index contributed by atoms with van der Waals surface area (Å²) in [5.41, 5.74) is 9.85. The van der Waals surface area contributed by atoms with Gasteiger partial charge in [0.2, 0.25) is 0 Å². The normalized spacial score (nSPS) is 17.9. The molecule has 8 nitrogen and oxygen atoms in total. The van der Waals surface area contributed by atoms with E-state index in [0.717, 1.165) is 29.8 Å². The maximum atomic E-state index is 6.20. The van der Waals surface area contributed by atoms with Crippen LogP contribution in [0.1, 0.15) is 41.9 Å². The fraction of sp³-hybridized carbons (Fsp3) is 0.370. The molecule has 35 heavy (non-hydrogen) atoms. The molecule has 4 aromatic rings. The number of hydrogen-bond acceptors (Lipinski definition) is 7. The van der Waals surface area contributed by atoms with Gasteiger partial charge in [0.05, 0.1) is 19.0 Å². The van der Waals surface area contributed by atoms with E-state index in [0.29, 0.717) is 31.9 Å². The van der Waals surface area contributed by atoms with E-state index in [9.17, 15) is 0 Å². The highest BCUT2D eigenvalue weighted by molar-refractivity contribution is 5.83. The summed E-state index contributed by atoms with van der Waals surface area (Å²) in [5, 5.41) is 3.59. The van der Waals surface area contributed by atoms with Crippen molar-refractivity contribution in [2.75, 3.05) is 32.1 Å². The number of benzene rings is 2. The lowest BCUT2D eigenvalue weighted by atomic mass is 9.91. The number of ether oxygens (including phenoxy) is 2. The number of nitrogens with zero attached hydrogens (tertiary/aromatic N) is 4. The molecule has 0 spiro atoms. The third-order valence-electron chi connectivity index (χ3n) is 6.46. The maximum Gasteiger partial charge on any atom is 0.167 e. The second kappa shape index (κ2) is 10.9. The fourth-order valence-electron chi connectivity index (χ4n) is 4.73. The molecular weight excluding hydrogens is 440 g/mol. The number of fused-ring (bicyclic) bond motifs is 1. The maximum absolute atomic E-state index is 6.20. The van der Waals surface area contributed by atoms with E-state index in [1.54, 1.807) is 7.11 Å². The van der Waals surface area contributed by atoms with Gasteiger partial charge >= 0.3 is 0 Å². The van der Waals surface area contributed by atoms with Crippen LogP contribution < -0.4 is 11.1 Å². The van der Waals surface area contributed by atoms with Crippen molar-refractivity contribution < 1.29 is 9.47 Å². The van der Waals surface area contributed by atoms with Crippen LogP contribution in [0.2, 0.25) is 0 Å². The molecule has 1 aliphatic heterocycles. The molecule has 3 heterocycles. The van der Waals surface area contributed by atoms with E-state index in [1.807, 2.05) is 23.0 Å². The van der Waals surface area contributed by atoms with Gasteiger partial charge in [0.15, 0.2) is 17.0 Å². The van der Waals surface area contributed by atoms with Crippen LogP contribution in [-0.4, -0.2) is 52.4 Å². The van der Waals surface area contributed by atoms with E-state index in [1.165, 1.54) is 11.1 Å². The summed E-state index contributed by atoms with van der Waals surface area (Å²) in [6.07, 6.45) is 4.21. The van der Waals surface area contributed by atoms with Crippen molar-refractivity contribution in [2.24, 2.45) is 5.73 Å². The zero-order valence-corrected chi connectivity index (χ0v) is 20.0. The molecule has 2 atom stereocenters. The van der Waals surface area contributed by atoms with Crippen molar-refractivity contribution in [3.63, 3.8) is 0 Å². The first-order valence-corrected chi connectivity index (χ1v) is 12.2.